The lowest BCUT2D eigenvalue weighted by molar-refractivity contribution is -0.384. The normalized spacial score (nSPS) is 9.95. The zero-order chi connectivity index (χ0) is 13.8. The van der Waals surface area contributed by atoms with Crippen LogP contribution >= 0.6 is 11.6 Å². The van der Waals surface area contributed by atoms with E-state index in [9.17, 15) is 14.9 Å². The number of para-hydroxylation sites is 1. The van der Waals surface area contributed by atoms with Gasteiger partial charge in [0.25, 0.3) is 5.69 Å². The third-order valence-corrected chi connectivity index (χ3v) is 2.70. The average molecular weight is 278 g/mol. The highest BCUT2D eigenvalue weighted by molar-refractivity contribution is 6.32. The molecule has 0 N–H and O–H groups in total. The number of ether oxygens (including phenoxy) is 1. The number of aldehydes is 1. The first-order valence-electron chi connectivity index (χ1n) is 5.28. The summed E-state index contributed by atoms with van der Waals surface area (Å²) in [5.41, 5.74) is -0.0808. The third kappa shape index (κ3) is 2.89. The Morgan fingerprint density at radius 3 is 2.53 bits per heavy atom. The molecule has 0 spiro atoms. The zero-order valence-electron chi connectivity index (χ0n) is 9.58. The summed E-state index contributed by atoms with van der Waals surface area (Å²) in [5, 5.41) is 11.0. The van der Waals surface area contributed by atoms with E-state index in [1.54, 1.807) is 24.3 Å². The monoisotopic (exact) mass is 277 g/mol. The number of non-ortho nitro benzene ring substituents is 1. The van der Waals surface area contributed by atoms with Crippen LogP contribution < -0.4 is 4.74 Å². The van der Waals surface area contributed by atoms with Gasteiger partial charge in [-0.15, -0.1) is 0 Å². The van der Waals surface area contributed by atoms with Crippen LogP contribution in [0.4, 0.5) is 5.69 Å². The number of benzene rings is 2. The molecule has 0 bridgehead atoms. The SMILES string of the molecule is O=Cc1cc([N+](=O)[O-])ccc1Oc1ccccc1Cl. The minimum absolute atomic E-state index is 0.0918. The Bertz CT molecular complexity index is 642. The van der Waals surface area contributed by atoms with E-state index in [0.29, 0.717) is 17.1 Å². The number of halogens is 1. The molecule has 6 heteroatoms. The molecule has 2 rings (SSSR count). The number of nitro benzene ring substituents is 1. The maximum absolute atomic E-state index is 10.9. The van der Waals surface area contributed by atoms with Crippen molar-refractivity contribution in [3.05, 3.63) is 63.2 Å². The lowest BCUT2D eigenvalue weighted by Gasteiger charge is -2.08. The number of hydrogen-bond donors (Lipinski definition) is 0. The molecular weight excluding hydrogens is 270 g/mol. The smallest absolute Gasteiger partial charge is 0.270 e. The summed E-state index contributed by atoms with van der Waals surface area (Å²) in [5.74, 6) is 0.592. The minimum Gasteiger partial charge on any atom is -0.455 e. The van der Waals surface area contributed by atoms with E-state index in [4.69, 9.17) is 16.3 Å². The van der Waals surface area contributed by atoms with Gasteiger partial charge in [-0.25, -0.2) is 0 Å². The maximum atomic E-state index is 10.9. The molecule has 19 heavy (non-hydrogen) atoms. The Morgan fingerprint density at radius 2 is 1.89 bits per heavy atom. The van der Waals surface area contributed by atoms with Crippen molar-refractivity contribution >= 4 is 23.6 Å². The van der Waals surface area contributed by atoms with Gasteiger partial charge >= 0.3 is 0 Å². The Balaban J connectivity index is 2.38. The van der Waals surface area contributed by atoms with Gasteiger partial charge in [-0.1, -0.05) is 23.7 Å². The molecule has 5 nitrogen and oxygen atoms in total. The summed E-state index contributed by atoms with van der Waals surface area (Å²) in [7, 11) is 0. The Morgan fingerprint density at radius 1 is 1.16 bits per heavy atom. The highest BCUT2D eigenvalue weighted by Crippen LogP contribution is 2.31. The van der Waals surface area contributed by atoms with Crippen LogP contribution in [-0.2, 0) is 0 Å². The highest BCUT2D eigenvalue weighted by Gasteiger charge is 2.12. The lowest BCUT2D eigenvalue weighted by atomic mass is 10.2. The molecule has 0 radical (unpaired) electrons. The maximum Gasteiger partial charge on any atom is 0.270 e. The van der Waals surface area contributed by atoms with Crippen LogP contribution in [0.15, 0.2) is 42.5 Å². The van der Waals surface area contributed by atoms with Crippen LogP contribution in [0.1, 0.15) is 10.4 Å². The van der Waals surface area contributed by atoms with Gasteiger partial charge in [0.1, 0.15) is 11.5 Å². The number of nitro groups is 1. The molecule has 0 saturated carbocycles. The molecule has 0 unspecified atom stereocenters. The van der Waals surface area contributed by atoms with Crippen LogP contribution in [0.3, 0.4) is 0 Å². The Labute approximate surface area is 113 Å². The van der Waals surface area contributed by atoms with Crippen LogP contribution in [0.5, 0.6) is 11.5 Å². The molecule has 2 aromatic carbocycles. The number of nitrogens with zero attached hydrogens (tertiary/aromatic N) is 1. The van der Waals surface area contributed by atoms with E-state index in [-0.39, 0.29) is 17.0 Å². The van der Waals surface area contributed by atoms with Crippen molar-refractivity contribution in [2.45, 2.75) is 0 Å². The summed E-state index contributed by atoms with van der Waals surface area (Å²) < 4.78 is 5.48. The van der Waals surface area contributed by atoms with Crippen molar-refractivity contribution in [3.63, 3.8) is 0 Å². The molecule has 0 aliphatic carbocycles. The van der Waals surface area contributed by atoms with Gasteiger partial charge in [-0.3, -0.25) is 14.9 Å². The van der Waals surface area contributed by atoms with Gasteiger partial charge < -0.3 is 4.74 Å². The molecule has 0 aliphatic heterocycles. The van der Waals surface area contributed by atoms with Gasteiger partial charge in [0.15, 0.2) is 6.29 Å². The van der Waals surface area contributed by atoms with E-state index in [0.717, 1.165) is 6.07 Å². The summed E-state index contributed by atoms with van der Waals surface area (Å²) in [6.07, 6.45) is 0.499. The third-order valence-electron chi connectivity index (χ3n) is 2.39. The Kier molecular flexibility index (Phi) is 3.77. The van der Waals surface area contributed by atoms with Crippen molar-refractivity contribution in [3.8, 4) is 11.5 Å². The average Bonchev–Trinajstić information content (AvgIpc) is 2.41. The highest BCUT2D eigenvalue weighted by atomic mass is 35.5. The topological polar surface area (TPSA) is 69.4 Å². The van der Waals surface area contributed by atoms with Crippen molar-refractivity contribution in [2.24, 2.45) is 0 Å². The van der Waals surface area contributed by atoms with Gasteiger partial charge in [-0.05, 0) is 18.2 Å². The summed E-state index contributed by atoms with van der Waals surface area (Å²) in [6, 6.07) is 10.5. The summed E-state index contributed by atoms with van der Waals surface area (Å²) in [6.45, 7) is 0. The number of carbonyl (C=O) groups excluding carboxylic acids is 1. The van der Waals surface area contributed by atoms with E-state index < -0.39 is 4.92 Å². The second-order valence-corrected chi connectivity index (χ2v) is 4.04. The first kappa shape index (κ1) is 13.0. The molecule has 0 aromatic heterocycles. The Hall–Kier alpha value is -2.40. The van der Waals surface area contributed by atoms with Crippen LogP contribution in [0, 0.1) is 10.1 Å². The van der Waals surface area contributed by atoms with E-state index in [1.165, 1.54) is 12.1 Å². The van der Waals surface area contributed by atoms with Gasteiger partial charge in [0.2, 0.25) is 0 Å². The minimum atomic E-state index is -0.577. The molecule has 0 saturated heterocycles. The molecule has 0 heterocycles. The molecule has 0 fully saturated rings. The van der Waals surface area contributed by atoms with Crippen molar-refractivity contribution in [2.75, 3.05) is 0 Å². The zero-order valence-corrected chi connectivity index (χ0v) is 10.3. The molecule has 0 atom stereocenters. The fourth-order valence-corrected chi connectivity index (χ4v) is 1.65. The van der Waals surface area contributed by atoms with Gasteiger partial charge in [0.05, 0.1) is 15.5 Å². The quantitative estimate of drug-likeness (QED) is 0.483. The predicted octanol–water partition coefficient (Wildman–Crippen LogP) is 3.85. The van der Waals surface area contributed by atoms with Gasteiger partial charge in [0, 0.05) is 12.1 Å². The summed E-state index contributed by atoms with van der Waals surface area (Å²) in [4.78, 5) is 21.0. The van der Waals surface area contributed by atoms with Crippen LogP contribution in [-0.4, -0.2) is 11.2 Å². The van der Waals surface area contributed by atoms with E-state index in [1.807, 2.05) is 0 Å². The number of rotatable bonds is 4. The first-order valence-corrected chi connectivity index (χ1v) is 5.65. The molecule has 96 valence electrons. The van der Waals surface area contributed by atoms with Crippen molar-refractivity contribution in [1.82, 2.24) is 0 Å². The fraction of sp³-hybridized carbons (Fsp3) is 0. The first-order chi connectivity index (χ1) is 9.11. The molecule has 2 aromatic rings. The molecule has 0 amide bonds. The largest absolute Gasteiger partial charge is 0.455 e. The fourth-order valence-electron chi connectivity index (χ4n) is 1.48. The van der Waals surface area contributed by atoms with Crippen LogP contribution in [0.2, 0.25) is 5.02 Å². The number of carbonyl (C=O) groups is 1. The van der Waals surface area contributed by atoms with E-state index in [2.05, 4.69) is 0 Å². The predicted molar refractivity (Wildman–Crippen MR) is 70.0 cm³/mol. The van der Waals surface area contributed by atoms with Crippen molar-refractivity contribution in [1.29, 1.82) is 0 Å². The van der Waals surface area contributed by atoms with Crippen molar-refractivity contribution < 1.29 is 14.5 Å². The molecular formula is C13H8ClNO4. The summed E-state index contributed by atoms with van der Waals surface area (Å²) >= 11 is 5.93. The second-order valence-electron chi connectivity index (χ2n) is 3.63. The van der Waals surface area contributed by atoms with Gasteiger partial charge in [-0.2, -0.15) is 0 Å². The van der Waals surface area contributed by atoms with Crippen LogP contribution in [0.25, 0.3) is 0 Å². The molecule has 0 aliphatic rings. The number of hydrogen-bond acceptors (Lipinski definition) is 4. The lowest BCUT2D eigenvalue weighted by Crippen LogP contribution is -1.94. The van der Waals surface area contributed by atoms with E-state index >= 15 is 0 Å². The second kappa shape index (κ2) is 5.49. The standard InChI is InChI=1S/C13H8ClNO4/c14-11-3-1-2-4-13(11)19-12-6-5-10(15(17)18)7-9(12)8-16/h1-8H.